The van der Waals surface area contributed by atoms with E-state index in [1.54, 1.807) is 18.4 Å². The van der Waals surface area contributed by atoms with Gasteiger partial charge in [-0.05, 0) is 13.3 Å². The molecule has 0 fully saturated rings. The number of nitrogens with zero attached hydrogens (tertiary/aromatic N) is 2. The van der Waals surface area contributed by atoms with Gasteiger partial charge in [-0.3, -0.25) is 0 Å². The van der Waals surface area contributed by atoms with Crippen LogP contribution in [0.25, 0.3) is 0 Å². The van der Waals surface area contributed by atoms with Crippen LogP contribution >= 0.6 is 11.3 Å². The summed E-state index contributed by atoms with van der Waals surface area (Å²) in [5.41, 5.74) is 0. The van der Waals surface area contributed by atoms with Crippen molar-refractivity contribution in [2.24, 2.45) is 4.99 Å². The first-order chi connectivity index (χ1) is 10.3. The summed E-state index contributed by atoms with van der Waals surface area (Å²) in [6.07, 6.45) is 2.96. The van der Waals surface area contributed by atoms with Crippen LogP contribution in [0, 0.1) is 0 Å². The van der Waals surface area contributed by atoms with Crippen LogP contribution in [0.4, 0.5) is 0 Å². The standard InChI is InChI=1S/C14H26N4O2S/c1-4-12-10-17-13(21-12)11-18-14(15-5-2)16-6-7-20-9-8-19-3/h10H,4-9,11H2,1-3H3,(H2,15,16,18). The van der Waals surface area contributed by atoms with Gasteiger partial charge in [0.15, 0.2) is 5.96 Å². The fourth-order valence-corrected chi connectivity index (χ4v) is 2.35. The topological polar surface area (TPSA) is 67.8 Å². The Morgan fingerprint density at radius 3 is 2.81 bits per heavy atom. The summed E-state index contributed by atoms with van der Waals surface area (Å²) in [7, 11) is 1.67. The Bertz CT molecular complexity index is 409. The molecule has 21 heavy (non-hydrogen) atoms. The summed E-state index contributed by atoms with van der Waals surface area (Å²) in [5.74, 6) is 0.793. The lowest BCUT2D eigenvalue weighted by Gasteiger charge is -2.11. The average molecular weight is 314 g/mol. The highest BCUT2D eigenvalue weighted by atomic mass is 32.1. The molecule has 6 nitrogen and oxygen atoms in total. The first kappa shape index (κ1) is 17.9. The van der Waals surface area contributed by atoms with E-state index in [-0.39, 0.29) is 0 Å². The van der Waals surface area contributed by atoms with Gasteiger partial charge < -0.3 is 20.1 Å². The molecule has 0 aliphatic carbocycles. The van der Waals surface area contributed by atoms with Crippen LogP contribution in [0.15, 0.2) is 11.2 Å². The number of aliphatic imine (C=N–C) groups is 1. The molecule has 0 atom stereocenters. The highest BCUT2D eigenvalue weighted by Crippen LogP contribution is 2.13. The van der Waals surface area contributed by atoms with E-state index in [1.165, 1.54) is 4.88 Å². The van der Waals surface area contributed by atoms with Crippen LogP contribution in [0.2, 0.25) is 0 Å². The zero-order valence-electron chi connectivity index (χ0n) is 13.1. The zero-order chi connectivity index (χ0) is 15.3. The molecule has 0 saturated carbocycles. The van der Waals surface area contributed by atoms with Gasteiger partial charge in [-0.2, -0.15) is 0 Å². The van der Waals surface area contributed by atoms with E-state index in [4.69, 9.17) is 9.47 Å². The molecule has 0 bridgehead atoms. The summed E-state index contributed by atoms with van der Waals surface area (Å²) in [4.78, 5) is 10.2. The number of hydrogen-bond donors (Lipinski definition) is 2. The molecule has 120 valence electrons. The number of aromatic nitrogens is 1. The summed E-state index contributed by atoms with van der Waals surface area (Å²) < 4.78 is 10.3. The molecule has 0 aliphatic heterocycles. The van der Waals surface area contributed by atoms with Gasteiger partial charge in [-0.1, -0.05) is 6.92 Å². The van der Waals surface area contributed by atoms with Crippen molar-refractivity contribution in [1.29, 1.82) is 0 Å². The quantitative estimate of drug-likeness (QED) is 0.388. The van der Waals surface area contributed by atoms with E-state index >= 15 is 0 Å². The Morgan fingerprint density at radius 1 is 1.29 bits per heavy atom. The molecule has 1 heterocycles. The molecule has 0 aliphatic rings. The van der Waals surface area contributed by atoms with Crippen LogP contribution in [0.1, 0.15) is 23.7 Å². The molecular weight excluding hydrogens is 288 g/mol. The largest absolute Gasteiger partial charge is 0.382 e. The number of aryl methyl sites for hydroxylation is 1. The molecule has 0 saturated heterocycles. The predicted molar refractivity (Wildman–Crippen MR) is 87.0 cm³/mol. The molecule has 0 amide bonds. The van der Waals surface area contributed by atoms with Crippen molar-refractivity contribution in [3.8, 4) is 0 Å². The summed E-state index contributed by atoms with van der Waals surface area (Å²) in [5, 5.41) is 7.49. The zero-order valence-corrected chi connectivity index (χ0v) is 14.0. The molecule has 0 spiro atoms. The maximum Gasteiger partial charge on any atom is 0.191 e. The minimum Gasteiger partial charge on any atom is -0.382 e. The lowest BCUT2D eigenvalue weighted by Crippen LogP contribution is -2.39. The van der Waals surface area contributed by atoms with E-state index < -0.39 is 0 Å². The van der Waals surface area contributed by atoms with Crippen molar-refractivity contribution < 1.29 is 9.47 Å². The van der Waals surface area contributed by atoms with E-state index in [2.05, 4.69) is 27.5 Å². The van der Waals surface area contributed by atoms with E-state index in [9.17, 15) is 0 Å². The molecule has 0 unspecified atom stereocenters. The SMILES string of the molecule is CCNC(=NCc1ncc(CC)s1)NCCOCCOC. The molecule has 7 heteroatoms. The van der Waals surface area contributed by atoms with Crippen LogP contribution in [0.5, 0.6) is 0 Å². The molecular formula is C14H26N4O2S. The van der Waals surface area contributed by atoms with Crippen LogP contribution < -0.4 is 10.6 Å². The second kappa shape index (κ2) is 11.5. The van der Waals surface area contributed by atoms with Crippen LogP contribution in [0.3, 0.4) is 0 Å². The van der Waals surface area contributed by atoms with E-state index in [1.807, 2.05) is 13.1 Å². The number of ether oxygens (including phenoxy) is 2. The normalized spacial score (nSPS) is 11.7. The van der Waals surface area contributed by atoms with Crippen LogP contribution in [-0.2, 0) is 22.4 Å². The second-order valence-electron chi connectivity index (χ2n) is 4.30. The number of guanidine groups is 1. The van der Waals surface area contributed by atoms with Crippen molar-refractivity contribution in [2.45, 2.75) is 26.8 Å². The van der Waals surface area contributed by atoms with Gasteiger partial charge in [-0.15, -0.1) is 11.3 Å². The first-order valence-corrected chi connectivity index (χ1v) is 8.14. The molecule has 1 rings (SSSR count). The van der Waals surface area contributed by atoms with Gasteiger partial charge in [0.2, 0.25) is 0 Å². The second-order valence-corrected chi connectivity index (χ2v) is 5.50. The minimum atomic E-state index is 0.602. The maximum atomic E-state index is 5.40. The van der Waals surface area contributed by atoms with Crippen molar-refractivity contribution in [3.05, 3.63) is 16.1 Å². The highest BCUT2D eigenvalue weighted by molar-refractivity contribution is 7.11. The summed E-state index contributed by atoms with van der Waals surface area (Å²) >= 11 is 1.72. The molecule has 0 aromatic carbocycles. The summed E-state index contributed by atoms with van der Waals surface area (Å²) in [6.45, 7) is 8.20. The molecule has 1 aromatic rings. The van der Waals surface area contributed by atoms with E-state index in [0.29, 0.717) is 32.9 Å². The number of rotatable bonds is 10. The Hall–Kier alpha value is -1.18. The fourth-order valence-electron chi connectivity index (χ4n) is 1.56. The lowest BCUT2D eigenvalue weighted by atomic mass is 10.4. The van der Waals surface area contributed by atoms with Crippen molar-refractivity contribution >= 4 is 17.3 Å². The summed E-state index contributed by atoms with van der Waals surface area (Å²) in [6, 6.07) is 0. The highest BCUT2D eigenvalue weighted by Gasteiger charge is 2.01. The van der Waals surface area contributed by atoms with Gasteiger partial charge in [-0.25, -0.2) is 9.98 Å². The van der Waals surface area contributed by atoms with Gasteiger partial charge in [0.25, 0.3) is 0 Å². The smallest absolute Gasteiger partial charge is 0.191 e. The Kier molecular flexibility index (Phi) is 9.77. The first-order valence-electron chi connectivity index (χ1n) is 7.32. The molecule has 1 aromatic heterocycles. The van der Waals surface area contributed by atoms with Gasteiger partial charge in [0.05, 0.1) is 26.4 Å². The van der Waals surface area contributed by atoms with Gasteiger partial charge in [0.1, 0.15) is 5.01 Å². The van der Waals surface area contributed by atoms with Crippen molar-refractivity contribution in [1.82, 2.24) is 15.6 Å². The Morgan fingerprint density at radius 2 is 2.14 bits per heavy atom. The van der Waals surface area contributed by atoms with Crippen molar-refractivity contribution in [3.63, 3.8) is 0 Å². The lowest BCUT2D eigenvalue weighted by molar-refractivity contribution is 0.0733. The molecule has 0 radical (unpaired) electrons. The fraction of sp³-hybridized carbons (Fsp3) is 0.714. The average Bonchev–Trinajstić information content (AvgIpc) is 2.96. The van der Waals surface area contributed by atoms with E-state index in [0.717, 1.165) is 23.9 Å². The third-order valence-corrected chi connectivity index (χ3v) is 3.76. The maximum absolute atomic E-state index is 5.40. The third-order valence-electron chi connectivity index (χ3n) is 2.64. The number of methoxy groups -OCH3 is 1. The van der Waals surface area contributed by atoms with Gasteiger partial charge >= 0.3 is 0 Å². The van der Waals surface area contributed by atoms with Crippen molar-refractivity contribution in [2.75, 3.05) is 40.0 Å². The number of hydrogen-bond acceptors (Lipinski definition) is 5. The van der Waals surface area contributed by atoms with Crippen LogP contribution in [-0.4, -0.2) is 51.0 Å². The monoisotopic (exact) mass is 314 g/mol. The number of thiazole rings is 1. The Labute approximate surface area is 131 Å². The third kappa shape index (κ3) is 7.99. The number of nitrogens with one attached hydrogen (secondary N) is 2. The molecule has 2 N–H and O–H groups in total. The minimum absolute atomic E-state index is 0.602. The van der Waals surface area contributed by atoms with Gasteiger partial charge in [0, 0.05) is 31.3 Å². The Balaban J connectivity index is 2.31. The predicted octanol–water partition coefficient (Wildman–Crippen LogP) is 1.42.